The minimum Gasteiger partial charge on any atom is -0.468 e. The highest BCUT2D eigenvalue weighted by Crippen LogP contribution is 2.41. The van der Waals surface area contributed by atoms with Gasteiger partial charge in [0.25, 0.3) is 6.01 Å². The monoisotopic (exact) mass is 375 g/mol. The van der Waals surface area contributed by atoms with Crippen LogP contribution >= 0.6 is 0 Å². The lowest BCUT2D eigenvalue weighted by molar-refractivity contribution is 0.363. The third-order valence-electron chi connectivity index (χ3n) is 5.05. The van der Waals surface area contributed by atoms with Crippen LogP contribution in [0, 0.1) is 6.92 Å². The molecule has 1 fully saturated rings. The fourth-order valence-electron chi connectivity index (χ4n) is 3.51. The first-order valence-electron chi connectivity index (χ1n) is 9.32. The number of aromatic nitrogens is 6. The second-order valence-corrected chi connectivity index (χ2v) is 7.14. The van der Waals surface area contributed by atoms with Crippen LogP contribution in [0.15, 0.2) is 30.3 Å². The molecule has 8 nitrogen and oxygen atoms in total. The first-order chi connectivity index (χ1) is 13.6. The molecule has 0 amide bonds. The third-order valence-corrected chi connectivity index (χ3v) is 5.05. The molecule has 0 saturated heterocycles. The number of nitrogens with zero attached hydrogens (tertiary/aromatic N) is 5. The molecule has 1 aliphatic rings. The first kappa shape index (κ1) is 16.7. The maximum Gasteiger partial charge on any atom is 0.298 e. The van der Waals surface area contributed by atoms with E-state index in [1.807, 2.05) is 29.7 Å². The van der Waals surface area contributed by atoms with Gasteiger partial charge in [-0.2, -0.15) is 4.98 Å². The van der Waals surface area contributed by atoms with E-state index in [0.29, 0.717) is 47.1 Å². The summed E-state index contributed by atoms with van der Waals surface area (Å²) in [5.74, 6) is 1.97. The van der Waals surface area contributed by atoms with Crippen LogP contribution in [0.4, 0.5) is 5.82 Å². The van der Waals surface area contributed by atoms with E-state index in [1.165, 1.54) is 12.8 Å². The molecule has 1 saturated carbocycles. The predicted molar refractivity (Wildman–Crippen MR) is 106 cm³/mol. The number of hydrogen-bond acceptors (Lipinski definition) is 6. The summed E-state index contributed by atoms with van der Waals surface area (Å²) in [7, 11) is 1.59. The van der Waals surface area contributed by atoms with Crippen molar-refractivity contribution in [1.82, 2.24) is 29.5 Å². The number of benzene rings is 1. The van der Waals surface area contributed by atoms with Crippen LogP contribution in [-0.2, 0) is 6.54 Å². The summed E-state index contributed by atoms with van der Waals surface area (Å²) in [6, 6.07) is 10.5. The van der Waals surface area contributed by atoms with Gasteiger partial charge < -0.3 is 15.5 Å². The summed E-state index contributed by atoms with van der Waals surface area (Å²) in [5.41, 5.74) is 10.7. The molecule has 3 aromatic heterocycles. The van der Waals surface area contributed by atoms with E-state index in [0.717, 1.165) is 17.0 Å². The molecule has 4 aromatic rings. The van der Waals surface area contributed by atoms with Gasteiger partial charge in [0.05, 0.1) is 19.3 Å². The smallest absolute Gasteiger partial charge is 0.298 e. The summed E-state index contributed by atoms with van der Waals surface area (Å²) in [6.45, 7) is 2.61. The molecule has 5 rings (SSSR count). The highest BCUT2D eigenvalue weighted by molar-refractivity contribution is 5.84. The Balaban J connectivity index is 1.64. The summed E-state index contributed by atoms with van der Waals surface area (Å²) in [6.07, 6.45) is 2.38. The van der Waals surface area contributed by atoms with Crippen molar-refractivity contribution in [2.75, 3.05) is 12.8 Å². The molecular formula is C20H21N7O. The van der Waals surface area contributed by atoms with Gasteiger partial charge in [-0.05, 0) is 25.3 Å². The molecule has 0 atom stereocenters. The van der Waals surface area contributed by atoms with Crippen LogP contribution in [0.25, 0.3) is 22.8 Å². The van der Waals surface area contributed by atoms with Crippen molar-refractivity contribution in [3.63, 3.8) is 0 Å². The van der Waals surface area contributed by atoms with E-state index >= 15 is 0 Å². The molecule has 1 aromatic carbocycles. The normalized spacial score (nSPS) is 13.9. The van der Waals surface area contributed by atoms with E-state index in [-0.39, 0.29) is 0 Å². The molecule has 0 spiro atoms. The van der Waals surface area contributed by atoms with Gasteiger partial charge in [-0.1, -0.05) is 30.3 Å². The van der Waals surface area contributed by atoms with E-state index < -0.39 is 0 Å². The Morgan fingerprint density at radius 2 is 1.93 bits per heavy atom. The Hall–Kier alpha value is -3.42. The largest absolute Gasteiger partial charge is 0.468 e. The summed E-state index contributed by atoms with van der Waals surface area (Å²) in [5, 5.41) is 0. The molecule has 0 bridgehead atoms. The Morgan fingerprint density at radius 1 is 1.14 bits per heavy atom. The molecule has 8 heteroatoms. The van der Waals surface area contributed by atoms with Crippen LogP contribution in [0.2, 0.25) is 0 Å². The van der Waals surface area contributed by atoms with Gasteiger partial charge in [-0.3, -0.25) is 4.57 Å². The quantitative estimate of drug-likeness (QED) is 0.555. The van der Waals surface area contributed by atoms with Gasteiger partial charge >= 0.3 is 0 Å². The number of methoxy groups -OCH3 is 1. The highest BCUT2D eigenvalue weighted by Gasteiger charge is 2.29. The number of aromatic amines is 1. The number of hydrogen-bond donors (Lipinski definition) is 2. The molecule has 3 N–H and O–H groups in total. The average molecular weight is 375 g/mol. The standard InChI is InChI=1S/C20H21N7O/c1-11-14(13-8-9-13)23-17(22-11)18-25-16(21)15-19(26-18)27(20(24-15)28-2)10-12-6-4-3-5-7-12/h3-7,13H,8-10H2,1-2H3,(H,22,23)(H2,21,25,26). The summed E-state index contributed by atoms with van der Waals surface area (Å²) in [4.78, 5) is 21.7. The van der Waals surface area contributed by atoms with Gasteiger partial charge in [0.2, 0.25) is 0 Å². The van der Waals surface area contributed by atoms with Crippen molar-refractivity contribution in [3.8, 4) is 17.7 Å². The minimum atomic E-state index is 0.312. The van der Waals surface area contributed by atoms with E-state index in [1.54, 1.807) is 7.11 Å². The zero-order chi connectivity index (χ0) is 19.3. The summed E-state index contributed by atoms with van der Waals surface area (Å²) < 4.78 is 7.38. The van der Waals surface area contributed by atoms with Gasteiger partial charge in [-0.15, -0.1) is 0 Å². The third kappa shape index (κ3) is 2.77. The topological polar surface area (TPSA) is 108 Å². The van der Waals surface area contributed by atoms with Crippen molar-refractivity contribution < 1.29 is 4.74 Å². The van der Waals surface area contributed by atoms with E-state index in [2.05, 4.69) is 27.1 Å². The number of imidazole rings is 2. The Labute approximate surface area is 161 Å². The number of nitrogen functional groups attached to an aromatic ring is 1. The van der Waals surface area contributed by atoms with Gasteiger partial charge in [0.15, 0.2) is 28.6 Å². The highest BCUT2D eigenvalue weighted by atomic mass is 16.5. The lowest BCUT2D eigenvalue weighted by Gasteiger charge is -2.08. The minimum absolute atomic E-state index is 0.312. The summed E-state index contributed by atoms with van der Waals surface area (Å²) >= 11 is 0. The molecular weight excluding hydrogens is 354 g/mol. The average Bonchev–Trinajstić information content (AvgIpc) is 3.38. The second kappa shape index (κ2) is 6.33. The molecule has 142 valence electrons. The lowest BCUT2D eigenvalue weighted by atomic mass is 10.2. The second-order valence-electron chi connectivity index (χ2n) is 7.14. The Bertz CT molecular complexity index is 1160. The van der Waals surface area contributed by atoms with Gasteiger partial charge in [0, 0.05) is 11.6 Å². The van der Waals surface area contributed by atoms with Gasteiger partial charge in [-0.25, -0.2) is 15.0 Å². The first-order valence-corrected chi connectivity index (χ1v) is 9.32. The maximum atomic E-state index is 6.22. The van der Waals surface area contributed by atoms with Crippen LogP contribution in [0.1, 0.15) is 35.7 Å². The zero-order valence-electron chi connectivity index (χ0n) is 15.8. The number of H-pyrrole nitrogens is 1. The molecule has 0 aliphatic heterocycles. The fourth-order valence-corrected chi connectivity index (χ4v) is 3.51. The van der Waals surface area contributed by atoms with Crippen LogP contribution in [0.3, 0.4) is 0 Å². The number of anilines is 1. The van der Waals surface area contributed by atoms with Crippen molar-refractivity contribution in [2.45, 2.75) is 32.2 Å². The molecule has 0 radical (unpaired) electrons. The van der Waals surface area contributed by atoms with Crippen molar-refractivity contribution in [2.24, 2.45) is 0 Å². The van der Waals surface area contributed by atoms with Crippen molar-refractivity contribution >= 4 is 17.0 Å². The van der Waals surface area contributed by atoms with Crippen LogP contribution in [0.5, 0.6) is 6.01 Å². The SMILES string of the molecule is COc1nc2c(N)nc(-c3nc(C4CC4)c(C)[nH]3)nc2n1Cc1ccccc1. The van der Waals surface area contributed by atoms with Crippen molar-refractivity contribution in [1.29, 1.82) is 0 Å². The Morgan fingerprint density at radius 3 is 2.64 bits per heavy atom. The number of ether oxygens (including phenoxy) is 1. The van der Waals surface area contributed by atoms with E-state index in [4.69, 9.17) is 20.4 Å². The lowest BCUT2D eigenvalue weighted by Crippen LogP contribution is -2.05. The maximum absolute atomic E-state index is 6.22. The Kier molecular flexibility index (Phi) is 3.78. The van der Waals surface area contributed by atoms with Gasteiger partial charge in [0.1, 0.15) is 0 Å². The van der Waals surface area contributed by atoms with Crippen LogP contribution in [-0.4, -0.2) is 36.6 Å². The number of rotatable bonds is 5. The number of nitrogens with one attached hydrogen (secondary N) is 1. The molecule has 28 heavy (non-hydrogen) atoms. The molecule has 1 aliphatic carbocycles. The predicted octanol–water partition coefficient (Wildman–Crippen LogP) is 3.04. The molecule has 0 unspecified atom stereocenters. The number of fused-ring (bicyclic) bond motifs is 1. The van der Waals surface area contributed by atoms with Crippen LogP contribution < -0.4 is 10.5 Å². The van der Waals surface area contributed by atoms with E-state index in [9.17, 15) is 0 Å². The number of aryl methyl sites for hydroxylation is 1. The zero-order valence-corrected chi connectivity index (χ0v) is 15.8. The number of nitrogens with two attached hydrogens (primary N) is 1. The fraction of sp³-hybridized carbons (Fsp3) is 0.300. The van der Waals surface area contributed by atoms with Crippen molar-refractivity contribution in [3.05, 3.63) is 47.3 Å². The molecule has 3 heterocycles.